The normalized spacial score (nSPS) is 21.1. The van der Waals surface area contributed by atoms with Gasteiger partial charge in [-0.05, 0) is 31.7 Å². The molecule has 0 bridgehead atoms. The Labute approximate surface area is 119 Å². The summed E-state index contributed by atoms with van der Waals surface area (Å²) in [7, 11) is 0. The maximum Gasteiger partial charge on any atom is 0.306 e. The molecule has 1 saturated heterocycles. The molecular formula is C16H20O4. The van der Waals surface area contributed by atoms with Gasteiger partial charge in [-0.1, -0.05) is 30.3 Å². The number of cyclic esters (lactones) is 1. The van der Waals surface area contributed by atoms with Gasteiger partial charge in [0.05, 0.1) is 0 Å². The summed E-state index contributed by atoms with van der Waals surface area (Å²) in [5.41, 5.74) is 0.476. The third kappa shape index (κ3) is 4.37. The second-order valence-corrected chi connectivity index (χ2v) is 5.86. The number of esters is 2. The van der Waals surface area contributed by atoms with Crippen LogP contribution >= 0.6 is 0 Å². The van der Waals surface area contributed by atoms with Crippen molar-refractivity contribution in [2.24, 2.45) is 5.92 Å². The highest BCUT2D eigenvalue weighted by molar-refractivity contribution is 5.74. The number of ether oxygens (including phenoxy) is 2. The molecule has 0 spiro atoms. The second-order valence-electron chi connectivity index (χ2n) is 5.86. The molecule has 1 aliphatic heterocycles. The van der Waals surface area contributed by atoms with E-state index in [1.165, 1.54) is 0 Å². The van der Waals surface area contributed by atoms with Crippen LogP contribution in [0.4, 0.5) is 0 Å². The van der Waals surface area contributed by atoms with Crippen LogP contribution in [0.3, 0.4) is 0 Å². The Kier molecular flexibility index (Phi) is 4.42. The third-order valence-electron chi connectivity index (χ3n) is 3.32. The van der Waals surface area contributed by atoms with Crippen LogP contribution in [0, 0.1) is 5.92 Å². The molecule has 0 aromatic heterocycles. The van der Waals surface area contributed by atoms with Crippen LogP contribution in [-0.4, -0.2) is 17.5 Å². The summed E-state index contributed by atoms with van der Waals surface area (Å²) in [5, 5.41) is 0. The first kappa shape index (κ1) is 14.6. The summed E-state index contributed by atoms with van der Waals surface area (Å²) >= 11 is 0. The van der Waals surface area contributed by atoms with Gasteiger partial charge in [-0.3, -0.25) is 9.59 Å². The fourth-order valence-corrected chi connectivity index (χ4v) is 2.57. The quantitative estimate of drug-likeness (QED) is 0.793. The Balaban J connectivity index is 1.81. The zero-order valence-corrected chi connectivity index (χ0v) is 11.9. The van der Waals surface area contributed by atoms with Crippen molar-refractivity contribution in [1.29, 1.82) is 0 Å². The lowest BCUT2D eigenvalue weighted by Gasteiger charge is -2.34. The molecule has 0 saturated carbocycles. The molecule has 1 aliphatic rings. The molecule has 0 N–H and O–H groups in total. The molecule has 0 radical (unpaired) electrons. The van der Waals surface area contributed by atoms with E-state index in [0.29, 0.717) is 12.8 Å². The van der Waals surface area contributed by atoms with Crippen LogP contribution in [0.15, 0.2) is 30.3 Å². The highest BCUT2D eigenvalue weighted by atomic mass is 16.6. The van der Waals surface area contributed by atoms with E-state index in [0.717, 1.165) is 5.56 Å². The number of rotatable bonds is 4. The smallest absolute Gasteiger partial charge is 0.306 e. The Morgan fingerprint density at radius 1 is 1.35 bits per heavy atom. The van der Waals surface area contributed by atoms with E-state index in [1.807, 2.05) is 44.2 Å². The van der Waals surface area contributed by atoms with E-state index < -0.39 is 5.60 Å². The molecule has 1 unspecified atom stereocenters. The number of hydrogen-bond acceptors (Lipinski definition) is 4. The SMILES string of the molecule is CC1(C)CC(CC(=O)OCc2ccccc2)CC(=O)O1. The standard InChI is InChI=1S/C16H20O4/c1-16(2)10-13(9-15(18)20-16)8-14(17)19-11-12-6-4-3-5-7-12/h3-7,13H,8-11H2,1-2H3. The molecule has 1 heterocycles. The zero-order chi connectivity index (χ0) is 14.6. The largest absolute Gasteiger partial charge is 0.461 e. The summed E-state index contributed by atoms with van der Waals surface area (Å²) in [6.07, 6.45) is 1.26. The van der Waals surface area contributed by atoms with Gasteiger partial charge in [-0.25, -0.2) is 0 Å². The lowest BCUT2D eigenvalue weighted by atomic mass is 9.86. The molecule has 0 aliphatic carbocycles. The third-order valence-corrected chi connectivity index (χ3v) is 3.32. The first-order chi connectivity index (χ1) is 9.44. The predicted octanol–water partition coefficient (Wildman–Crippen LogP) is 2.85. The molecule has 2 rings (SSSR count). The first-order valence-electron chi connectivity index (χ1n) is 6.86. The van der Waals surface area contributed by atoms with Gasteiger partial charge in [-0.15, -0.1) is 0 Å². The van der Waals surface area contributed by atoms with Crippen molar-refractivity contribution in [3.63, 3.8) is 0 Å². The Hall–Kier alpha value is -1.84. The van der Waals surface area contributed by atoms with Crippen LogP contribution < -0.4 is 0 Å². The highest BCUT2D eigenvalue weighted by Gasteiger charge is 2.35. The van der Waals surface area contributed by atoms with Crippen molar-refractivity contribution < 1.29 is 19.1 Å². The number of carbonyl (C=O) groups is 2. The van der Waals surface area contributed by atoms with E-state index in [2.05, 4.69) is 0 Å². The van der Waals surface area contributed by atoms with Crippen molar-refractivity contribution >= 4 is 11.9 Å². The van der Waals surface area contributed by atoms with Crippen LogP contribution in [0.2, 0.25) is 0 Å². The van der Waals surface area contributed by atoms with Crippen LogP contribution in [0.1, 0.15) is 38.7 Å². The van der Waals surface area contributed by atoms with Crippen molar-refractivity contribution in [3.05, 3.63) is 35.9 Å². The fraction of sp³-hybridized carbons (Fsp3) is 0.500. The molecular weight excluding hydrogens is 256 g/mol. The molecule has 1 aromatic carbocycles. The summed E-state index contributed by atoms with van der Waals surface area (Å²) in [4.78, 5) is 23.3. The van der Waals surface area contributed by atoms with Gasteiger partial charge in [0.1, 0.15) is 12.2 Å². The van der Waals surface area contributed by atoms with Crippen molar-refractivity contribution in [2.45, 2.75) is 45.3 Å². The fourth-order valence-electron chi connectivity index (χ4n) is 2.57. The molecule has 1 fully saturated rings. The lowest BCUT2D eigenvalue weighted by Crippen LogP contribution is -2.37. The van der Waals surface area contributed by atoms with E-state index >= 15 is 0 Å². The second kappa shape index (κ2) is 6.07. The van der Waals surface area contributed by atoms with Crippen LogP contribution in [0.5, 0.6) is 0 Å². The molecule has 1 atom stereocenters. The molecule has 4 heteroatoms. The first-order valence-corrected chi connectivity index (χ1v) is 6.86. The van der Waals surface area contributed by atoms with Gasteiger partial charge >= 0.3 is 11.9 Å². The number of carbonyl (C=O) groups excluding carboxylic acids is 2. The molecule has 1 aromatic rings. The molecule has 20 heavy (non-hydrogen) atoms. The van der Waals surface area contributed by atoms with Crippen molar-refractivity contribution in [1.82, 2.24) is 0 Å². The Bertz CT molecular complexity index is 479. The lowest BCUT2D eigenvalue weighted by molar-refractivity contribution is -0.168. The topological polar surface area (TPSA) is 52.6 Å². The minimum absolute atomic E-state index is 0.00882. The predicted molar refractivity (Wildman–Crippen MR) is 73.8 cm³/mol. The van der Waals surface area contributed by atoms with Gasteiger partial charge in [-0.2, -0.15) is 0 Å². The van der Waals surface area contributed by atoms with Gasteiger partial charge in [0, 0.05) is 12.8 Å². The van der Waals surface area contributed by atoms with Crippen molar-refractivity contribution in [3.8, 4) is 0 Å². The Morgan fingerprint density at radius 3 is 2.70 bits per heavy atom. The highest BCUT2D eigenvalue weighted by Crippen LogP contribution is 2.31. The van der Waals surface area contributed by atoms with E-state index in [9.17, 15) is 9.59 Å². The minimum atomic E-state index is -0.486. The summed E-state index contributed by atoms with van der Waals surface area (Å²) in [5.74, 6) is -0.485. The Morgan fingerprint density at radius 2 is 2.05 bits per heavy atom. The van der Waals surface area contributed by atoms with E-state index in [4.69, 9.17) is 9.47 Å². The van der Waals surface area contributed by atoms with E-state index in [-0.39, 0.29) is 30.9 Å². The molecule has 4 nitrogen and oxygen atoms in total. The van der Waals surface area contributed by atoms with Crippen LogP contribution in [0.25, 0.3) is 0 Å². The van der Waals surface area contributed by atoms with Gasteiger partial charge in [0.2, 0.25) is 0 Å². The average Bonchev–Trinajstić information content (AvgIpc) is 2.35. The maximum absolute atomic E-state index is 11.8. The number of hydrogen-bond donors (Lipinski definition) is 0. The molecule has 0 amide bonds. The number of benzene rings is 1. The van der Waals surface area contributed by atoms with Gasteiger partial charge in [0.25, 0.3) is 0 Å². The van der Waals surface area contributed by atoms with Gasteiger partial charge in [0.15, 0.2) is 0 Å². The average molecular weight is 276 g/mol. The maximum atomic E-state index is 11.8. The minimum Gasteiger partial charge on any atom is -0.461 e. The summed E-state index contributed by atoms with van der Waals surface area (Å²) in [6.45, 7) is 4.01. The molecule has 108 valence electrons. The van der Waals surface area contributed by atoms with E-state index in [1.54, 1.807) is 0 Å². The van der Waals surface area contributed by atoms with Gasteiger partial charge < -0.3 is 9.47 Å². The summed E-state index contributed by atoms with van der Waals surface area (Å²) in [6, 6.07) is 9.55. The monoisotopic (exact) mass is 276 g/mol. The zero-order valence-electron chi connectivity index (χ0n) is 11.9. The van der Waals surface area contributed by atoms with Crippen LogP contribution in [-0.2, 0) is 25.7 Å². The summed E-state index contributed by atoms with van der Waals surface area (Å²) < 4.78 is 10.5. The van der Waals surface area contributed by atoms with Crippen molar-refractivity contribution in [2.75, 3.05) is 0 Å².